The van der Waals surface area contributed by atoms with E-state index >= 15 is 0 Å². The van der Waals surface area contributed by atoms with Crippen molar-refractivity contribution < 1.29 is 19.3 Å². The highest BCUT2D eigenvalue weighted by Crippen LogP contribution is 2.61. The van der Waals surface area contributed by atoms with E-state index in [4.69, 9.17) is 27.0 Å². The average molecular weight is 465 g/mol. The molecule has 3 aromatic carbocycles. The Hall–Kier alpha value is -1.65. The highest BCUT2D eigenvalue weighted by molar-refractivity contribution is 8.05. The van der Waals surface area contributed by atoms with Crippen LogP contribution < -0.4 is 0 Å². The topological polar surface area (TPSA) is 66.8 Å². The molecule has 0 aliphatic carbocycles. The minimum absolute atomic E-state index is 0.00725. The van der Waals surface area contributed by atoms with Crippen LogP contribution in [0.15, 0.2) is 91.0 Å². The van der Waals surface area contributed by atoms with Crippen LogP contribution in [0.4, 0.5) is 0 Å². The molecule has 0 aliphatic rings. The first-order chi connectivity index (χ1) is 14.3. The molecule has 0 saturated carbocycles. The van der Waals surface area contributed by atoms with Crippen LogP contribution in [0.2, 0.25) is 0 Å². The Labute approximate surface area is 186 Å². The van der Waals surface area contributed by atoms with E-state index in [1.165, 1.54) is 0 Å². The summed E-state index contributed by atoms with van der Waals surface area (Å²) < 4.78 is 18.2. The van der Waals surface area contributed by atoms with E-state index < -0.39 is 23.9 Å². The minimum atomic E-state index is -3.96. The molecule has 1 atom stereocenters. The van der Waals surface area contributed by atoms with Crippen molar-refractivity contribution in [3.05, 3.63) is 108 Å². The van der Waals surface area contributed by atoms with Crippen molar-refractivity contribution in [3.63, 3.8) is 0 Å². The number of hydrogen-bond donors (Lipinski definition) is 2. The summed E-state index contributed by atoms with van der Waals surface area (Å²) in [7, 11) is 0. The fourth-order valence-electron chi connectivity index (χ4n) is 3.96. The number of halogens is 2. The first-order valence-electron chi connectivity index (χ1n) is 9.54. The number of aliphatic hydroxyl groups is 2. The lowest BCUT2D eigenvalue weighted by Crippen LogP contribution is -2.43. The Bertz CT molecular complexity index is 866. The smallest absolute Gasteiger partial charge is 0.368 e. The average Bonchev–Trinajstić information content (AvgIpc) is 2.74. The van der Waals surface area contributed by atoms with E-state index in [1.807, 2.05) is 91.0 Å². The Kier molecular flexibility index (Phi) is 7.75. The van der Waals surface area contributed by atoms with Crippen molar-refractivity contribution in [2.75, 3.05) is 0 Å². The van der Waals surface area contributed by atoms with Crippen LogP contribution >= 0.6 is 28.6 Å². The zero-order valence-corrected chi connectivity index (χ0v) is 18.5. The van der Waals surface area contributed by atoms with Gasteiger partial charge in [0.1, 0.15) is 0 Å². The summed E-state index contributed by atoms with van der Waals surface area (Å²) in [5.41, 5.74) is 1.68. The first-order valence-corrected chi connectivity index (χ1v) is 13.0. The monoisotopic (exact) mass is 464 g/mol. The Balaban J connectivity index is 2.34. The highest BCUT2D eigenvalue weighted by Gasteiger charge is 2.46. The molecule has 4 nitrogen and oxygen atoms in total. The van der Waals surface area contributed by atoms with Crippen molar-refractivity contribution in [3.8, 4) is 0 Å². The fraction of sp³-hybridized carbons (Fsp3) is 0.217. The van der Waals surface area contributed by atoms with Gasteiger partial charge < -0.3 is 14.7 Å². The van der Waals surface area contributed by atoms with E-state index in [-0.39, 0.29) is 12.8 Å². The lowest BCUT2D eigenvalue weighted by molar-refractivity contribution is -0.0535. The van der Waals surface area contributed by atoms with Gasteiger partial charge in [-0.05, 0) is 45.6 Å². The molecule has 30 heavy (non-hydrogen) atoms. The highest BCUT2D eigenvalue weighted by atomic mass is 35.9. The molecule has 1 unspecified atom stereocenters. The number of aliphatic hydroxyl groups excluding tert-OH is 1. The molecule has 0 heterocycles. The van der Waals surface area contributed by atoms with Crippen LogP contribution in [0, 0.1) is 0 Å². The summed E-state index contributed by atoms with van der Waals surface area (Å²) in [4.78, 5) is 0. The molecule has 3 aromatic rings. The lowest BCUT2D eigenvalue weighted by atomic mass is 9.65. The van der Waals surface area contributed by atoms with Crippen LogP contribution in [0.1, 0.15) is 29.5 Å². The molecular weight excluding hydrogens is 442 g/mol. The molecule has 3 rings (SSSR count). The molecule has 0 radical (unpaired) electrons. The molecule has 2 N–H and O–H groups in total. The molecule has 0 spiro atoms. The van der Waals surface area contributed by atoms with Gasteiger partial charge in [0.05, 0.1) is 11.5 Å². The van der Waals surface area contributed by atoms with Crippen molar-refractivity contribution in [2.45, 2.75) is 30.7 Å². The SMILES string of the molecule is O=P(Cl)(Cl)OC(CCC(O)O)C(c1ccccc1)(c1ccccc1)c1ccccc1. The summed E-state index contributed by atoms with van der Waals surface area (Å²) >= 11 is 11.8. The lowest BCUT2D eigenvalue weighted by Gasteiger charge is -2.42. The largest absolute Gasteiger partial charge is 0.380 e. The minimum Gasteiger partial charge on any atom is -0.368 e. The number of hydrogen-bond acceptors (Lipinski definition) is 4. The molecule has 7 heteroatoms. The van der Waals surface area contributed by atoms with Gasteiger partial charge in [0.25, 0.3) is 0 Å². The van der Waals surface area contributed by atoms with Crippen LogP contribution in [-0.4, -0.2) is 22.6 Å². The van der Waals surface area contributed by atoms with Crippen LogP contribution in [0.3, 0.4) is 0 Å². The maximum atomic E-state index is 12.4. The van der Waals surface area contributed by atoms with Gasteiger partial charge in [0, 0.05) is 6.42 Å². The van der Waals surface area contributed by atoms with E-state index in [9.17, 15) is 14.8 Å². The standard InChI is InChI=1S/C23H23Cl2O4P/c24-30(25,28)29-21(16-17-22(26)27)23(18-10-4-1-5-11-18,19-12-6-2-7-13-19)20-14-8-3-9-15-20/h1-15,21-22,26-27H,16-17H2. The van der Waals surface area contributed by atoms with Crippen LogP contribution in [-0.2, 0) is 14.5 Å². The van der Waals surface area contributed by atoms with Gasteiger partial charge in [0.15, 0.2) is 6.29 Å². The van der Waals surface area contributed by atoms with E-state index in [0.717, 1.165) is 16.7 Å². The third-order valence-corrected chi connectivity index (χ3v) is 6.09. The van der Waals surface area contributed by atoms with Crippen molar-refractivity contribution in [1.29, 1.82) is 0 Å². The van der Waals surface area contributed by atoms with Crippen LogP contribution in [0.5, 0.6) is 0 Å². The number of rotatable bonds is 9. The molecule has 158 valence electrons. The zero-order chi connectivity index (χ0) is 21.6. The first kappa shape index (κ1) is 23.0. The maximum Gasteiger partial charge on any atom is 0.380 e. The van der Waals surface area contributed by atoms with Crippen molar-refractivity contribution in [2.24, 2.45) is 0 Å². The van der Waals surface area contributed by atoms with Gasteiger partial charge in [-0.3, -0.25) is 4.57 Å². The fourth-order valence-corrected chi connectivity index (χ4v) is 5.09. The molecule has 0 bridgehead atoms. The van der Waals surface area contributed by atoms with E-state index in [0.29, 0.717) is 0 Å². The van der Waals surface area contributed by atoms with Gasteiger partial charge >= 0.3 is 6.07 Å². The Morgan fingerprint density at radius 3 is 1.40 bits per heavy atom. The third kappa shape index (κ3) is 5.33. The maximum absolute atomic E-state index is 12.4. The van der Waals surface area contributed by atoms with Gasteiger partial charge in [-0.2, -0.15) is 0 Å². The normalized spacial score (nSPS) is 13.4. The molecular formula is C23H23Cl2O4P. The van der Waals surface area contributed by atoms with Gasteiger partial charge in [-0.25, -0.2) is 0 Å². The molecule has 0 saturated heterocycles. The quantitative estimate of drug-likeness (QED) is 0.228. The molecule has 0 fully saturated rings. The van der Waals surface area contributed by atoms with Crippen molar-refractivity contribution in [1.82, 2.24) is 0 Å². The second-order valence-corrected chi connectivity index (χ2v) is 11.2. The third-order valence-electron chi connectivity index (χ3n) is 5.11. The van der Waals surface area contributed by atoms with E-state index in [2.05, 4.69) is 0 Å². The van der Waals surface area contributed by atoms with Crippen LogP contribution in [0.25, 0.3) is 0 Å². The molecule has 0 aromatic heterocycles. The summed E-state index contributed by atoms with van der Waals surface area (Å²) in [6, 6.07) is 28.9. The summed E-state index contributed by atoms with van der Waals surface area (Å²) in [5.74, 6) is 0. The second-order valence-electron chi connectivity index (χ2n) is 6.97. The zero-order valence-electron chi connectivity index (χ0n) is 16.1. The number of benzene rings is 3. The van der Waals surface area contributed by atoms with E-state index in [1.54, 1.807) is 0 Å². The summed E-state index contributed by atoms with van der Waals surface area (Å²) in [6.07, 6.45) is -6.21. The Morgan fingerprint density at radius 2 is 1.10 bits per heavy atom. The Morgan fingerprint density at radius 1 is 0.733 bits per heavy atom. The predicted molar refractivity (Wildman–Crippen MR) is 121 cm³/mol. The summed E-state index contributed by atoms with van der Waals surface area (Å²) in [6.45, 7) is 0. The molecule has 0 amide bonds. The van der Waals surface area contributed by atoms with Gasteiger partial charge in [-0.1, -0.05) is 91.0 Å². The summed E-state index contributed by atoms with van der Waals surface area (Å²) in [5, 5.41) is 19.1. The van der Waals surface area contributed by atoms with Crippen molar-refractivity contribution >= 4 is 28.6 Å². The second kappa shape index (κ2) is 10.1. The van der Waals surface area contributed by atoms with Gasteiger partial charge in [0.2, 0.25) is 0 Å². The predicted octanol–water partition coefficient (Wildman–Crippen LogP) is 6.08. The molecule has 0 aliphatic heterocycles. The van der Waals surface area contributed by atoms with Gasteiger partial charge in [-0.15, -0.1) is 0 Å².